The van der Waals surface area contributed by atoms with Crippen molar-refractivity contribution in [3.05, 3.63) is 174 Å². The SMILES string of the molecule is CC(c1ccncc1)c1c[c-]c(-c2cc(CC3CCCC3)ccn2)c2oc3ccccc3c12.Cc1cnc(-c2[c-]cccc2)cc1-c1ccccc1.[Ir]. The van der Waals surface area contributed by atoms with Crippen LogP contribution in [0, 0.1) is 25.0 Å². The first kappa shape index (κ1) is 36.2. The first-order valence-corrected chi connectivity index (χ1v) is 18.3. The van der Waals surface area contributed by atoms with Crippen molar-refractivity contribution in [2.24, 2.45) is 5.92 Å². The van der Waals surface area contributed by atoms with E-state index in [1.807, 2.05) is 67.3 Å². The third-order valence-electron chi connectivity index (χ3n) is 10.4. The van der Waals surface area contributed by atoms with Crippen molar-refractivity contribution < 1.29 is 24.5 Å². The van der Waals surface area contributed by atoms with Crippen LogP contribution in [-0.2, 0) is 26.5 Å². The van der Waals surface area contributed by atoms with Crippen molar-refractivity contribution >= 4 is 21.9 Å². The monoisotopic (exact) mass is 868 g/mol. The Labute approximate surface area is 325 Å². The van der Waals surface area contributed by atoms with E-state index in [0.717, 1.165) is 56.8 Å². The Balaban J connectivity index is 0.000000186. The standard InChI is InChI=1S/C30H27N2O.C18H14N.Ir/c1-20(23-13-15-31-16-14-23)24-10-11-25(30-29(24)26-8-4-5-9-28(26)33-30)27-19-22(12-17-32-27)18-21-6-2-3-7-21;1-14-13-19-18(16-10-6-3-7-11-16)12-17(14)15-8-4-2-5-9-15;/h4-5,8-10,12-17,19-21H,2-3,6-7,18H2,1H3;2-10,12-13H,1H3;/q2*-1;. The van der Waals surface area contributed by atoms with Crippen molar-refractivity contribution in [1.29, 1.82) is 0 Å². The molecule has 9 rings (SSSR count). The van der Waals surface area contributed by atoms with Crippen molar-refractivity contribution in [3.63, 3.8) is 0 Å². The number of furan rings is 1. The summed E-state index contributed by atoms with van der Waals surface area (Å²) in [6.45, 7) is 4.33. The molecular formula is C48H41IrN3O-2. The number of hydrogen-bond acceptors (Lipinski definition) is 4. The Hall–Kier alpha value is -5.22. The zero-order valence-electron chi connectivity index (χ0n) is 30.1. The molecule has 1 saturated carbocycles. The van der Waals surface area contributed by atoms with Crippen LogP contribution in [0.25, 0.3) is 55.6 Å². The number of fused-ring (bicyclic) bond motifs is 3. The van der Waals surface area contributed by atoms with E-state index in [4.69, 9.17) is 9.40 Å². The summed E-state index contributed by atoms with van der Waals surface area (Å²) in [5.74, 6) is 1.00. The summed E-state index contributed by atoms with van der Waals surface area (Å²) < 4.78 is 6.45. The molecule has 4 aromatic carbocycles. The van der Waals surface area contributed by atoms with Gasteiger partial charge in [-0.2, -0.15) is 0 Å². The summed E-state index contributed by atoms with van der Waals surface area (Å²) >= 11 is 0. The van der Waals surface area contributed by atoms with Gasteiger partial charge in [0.2, 0.25) is 0 Å². The molecule has 0 spiro atoms. The number of nitrogens with zero attached hydrogens (tertiary/aromatic N) is 3. The van der Waals surface area contributed by atoms with Crippen molar-refractivity contribution in [2.75, 3.05) is 0 Å². The normalized spacial score (nSPS) is 13.3. The molecule has 4 nitrogen and oxygen atoms in total. The van der Waals surface area contributed by atoms with Gasteiger partial charge < -0.3 is 14.4 Å². The van der Waals surface area contributed by atoms with Gasteiger partial charge in [-0.1, -0.05) is 110 Å². The van der Waals surface area contributed by atoms with Crippen LogP contribution in [0.5, 0.6) is 0 Å². The quantitative estimate of drug-likeness (QED) is 0.150. The number of hydrogen-bond donors (Lipinski definition) is 0. The summed E-state index contributed by atoms with van der Waals surface area (Å²) in [6, 6.07) is 46.3. The molecule has 4 heterocycles. The molecule has 0 N–H and O–H groups in total. The largest absolute Gasteiger partial charge is 0.501 e. The summed E-state index contributed by atoms with van der Waals surface area (Å²) in [6.07, 6.45) is 14.1. The molecule has 4 aromatic heterocycles. The Morgan fingerprint density at radius 2 is 1.57 bits per heavy atom. The van der Waals surface area contributed by atoms with Crippen LogP contribution >= 0.6 is 0 Å². The zero-order valence-corrected chi connectivity index (χ0v) is 32.4. The van der Waals surface area contributed by atoms with Crippen molar-refractivity contribution in [2.45, 2.75) is 51.9 Å². The van der Waals surface area contributed by atoms with Crippen LogP contribution in [0.2, 0.25) is 0 Å². The summed E-state index contributed by atoms with van der Waals surface area (Å²) in [5, 5.41) is 2.30. The fourth-order valence-corrected chi connectivity index (χ4v) is 7.60. The molecule has 1 unspecified atom stereocenters. The topological polar surface area (TPSA) is 51.8 Å². The Morgan fingerprint density at radius 1 is 0.792 bits per heavy atom. The van der Waals surface area contributed by atoms with E-state index in [0.29, 0.717) is 0 Å². The Kier molecular flexibility index (Phi) is 11.3. The van der Waals surface area contributed by atoms with E-state index in [2.05, 4.69) is 109 Å². The smallest absolute Gasteiger partial charge is 0.120 e. The average molecular weight is 868 g/mol. The second-order valence-electron chi connectivity index (χ2n) is 13.9. The second kappa shape index (κ2) is 16.6. The Bertz CT molecular complexity index is 2420. The molecule has 53 heavy (non-hydrogen) atoms. The number of rotatable bonds is 7. The van der Waals surface area contributed by atoms with Gasteiger partial charge in [0.25, 0.3) is 0 Å². The number of benzene rings is 4. The number of aromatic nitrogens is 3. The van der Waals surface area contributed by atoms with Gasteiger partial charge in [0.05, 0.1) is 5.58 Å². The third kappa shape index (κ3) is 7.93. The van der Waals surface area contributed by atoms with Crippen LogP contribution in [0.3, 0.4) is 0 Å². The molecule has 0 amide bonds. The van der Waals surface area contributed by atoms with E-state index >= 15 is 0 Å². The van der Waals surface area contributed by atoms with Gasteiger partial charge in [0, 0.05) is 50.3 Å². The van der Waals surface area contributed by atoms with Gasteiger partial charge in [-0.25, -0.2) is 0 Å². The van der Waals surface area contributed by atoms with Crippen molar-refractivity contribution in [3.8, 4) is 33.6 Å². The van der Waals surface area contributed by atoms with Gasteiger partial charge >= 0.3 is 0 Å². The molecule has 1 fully saturated rings. The molecule has 8 aromatic rings. The molecule has 1 atom stereocenters. The van der Waals surface area contributed by atoms with Crippen LogP contribution in [0.1, 0.15) is 60.8 Å². The zero-order chi connectivity index (χ0) is 35.3. The van der Waals surface area contributed by atoms with E-state index in [1.54, 1.807) is 0 Å². The van der Waals surface area contributed by atoms with Crippen LogP contribution < -0.4 is 0 Å². The minimum Gasteiger partial charge on any atom is -0.501 e. The van der Waals surface area contributed by atoms with Gasteiger partial charge in [-0.3, -0.25) is 4.98 Å². The van der Waals surface area contributed by atoms with Gasteiger partial charge in [0.1, 0.15) is 5.58 Å². The predicted molar refractivity (Wildman–Crippen MR) is 212 cm³/mol. The molecule has 265 valence electrons. The third-order valence-corrected chi connectivity index (χ3v) is 10.4. The average Bonchev–Trinajstić information content (AvgIpc) is 3.87. The van der Waals surface area contributed by atoms with E-state index in [9.17, 15) is 0 Å². The molecule has 1 aliphatic rings. The first-order chi connectivity index (χ1) is 25.6. The fourth-order valence-electron chi connectivity index (χ4n) is 7.60. The maximum Gasteiger partial charge on any atom is 0.120 e. The van der Waals surface area contributed by atoms with Gasteiger partial charge in [-0.05, 0) is 83.1 Å². The minimum absolute atomic E-state index is 0. The van der Waals surface area contributed by atoms with Crippen molar-refractivity contribution in [1.82, 2.24) is 15.0 Å². The minimum atomic E-state index is 0. The molecule has 0 saturated heterocycles. The molecule has 5 heteroatoms. The van der Waals surface area contributed by atoms with E-state index in [-0.39, 0.29) is 26.0 Å². The molecule has 0 aliphatic heterocycles. The van der Waals surface area contributed by atoms with Crippen LogP contribution in [-0.4, -0.2) is 15.0 Å². The predicted octanol–water partition coefficient (Wildman–Crippen LogP) is 12.2. The summed E-state index contributed by atoms with van der Waals surface area (Å²) in [7, 11) is 0. The Morgan fingerprint density at radius 3 is 2.36 bits per heavy atom. The number of aryl methyl sites for hydroxylation is 1. The van der Waals surface area contributed by atoms with Gasteiger partial charge in [0.15, 0.2) is 0 Å². The maximum atomic E-state index is 6.45. The van der Waals surface area contributed by atoms with E-state index < -0.39 is 0 Å². The fraction of sp³-hybridized carbons (Fsp3) is 0.188. The van der Waals surface area contributed by atoms with E-state index in [1.165, 1.54) is 59.1 Å². The number of para-hydroxylation sites is 1. The molecular weight excluding hydrogens is 827 g/mol. The molecule has 0 bridgehead atoms. The first-order valence-electron chi connectivity index (χ1n) is 18.3. The summed E-state index contributed by atoms with van der Waals surface area (Å²) in [4.78, 5) is 13.4. The maximum absolute atomic E-state index is 6.45. The number of pyridine rings is 3. The second-order valence-corrected chi connectivity index (χ2v) is 13.9. The van der Waals surface area contributed by atoms with Crippen LogP contribution in [0.4, 0.5) is 0 Å². The van der Waals surface area contributed by atoms with Crippen LogP contribution in [0.15, 0.2) is 144 Å². The molecule has 1 radical (unpaired) electrons. The molecule has 1 aliphatic carbocycles. The van der Waals surface area contributed by atoms with Gasteiger partial charge in [-0.15, -0.1) is 53.6 Å². The summed E-state index contributed by atoms with van der Waals surface area (Å²) in [5.41, 5.74) is 13.1.